The van der Waals surface area contributed by atoms with Crippen molar-refractivity contribution in [1.29, 1.82) is 0 Å². The van der Waals surface area contributed by atoms with E-state index in [1.807, 2.05) is 19.1 Å². The molecule has 0 aliphatic heterocycles. The summed E-state index contributed by atoms with van der Waals surface area (Å²) in [4.78, 5) is 0. The Morgan fingerprint density at radius 2 is 1.88 bits per heavy atom. The molecule has 0 atom stereocenters. The lowest BCUT2D eigenvalue weighted by Gasteiger charge is -2.21. The van der Waals surface area contributed by atoms with Crippen LogP contribution in [0.5, 0.6) is 11.5 Å². The van der Waals surface area contributed by atoms with Crippen LogP contribution in [0, 0.1) is 5.82 Å². The second kappa shape index (κ2) is 9.07. The van der Waals surface area contributed by atoms with Gasteiger partial charge in [-0.3, -0.25) is 0 Å². The maximum atomic E-state index is 13.2. The van der Waals surface area contributed by atoms with Crippen LogP contribution in [-0.4, -0.2) is 12.1 Å². The van der Waals surface area contributed by atoms with E-state index in [1.165, 1.54) is 12.1 Å². The first kappa shape index (κ1) is 21.0. The molecule has 0 saturated heterocycles. The number of halogens is 3. The van der Waals surface area contributed by atoms with E-state index in [1.54, 1.807) is 6.07 Å². The predicted octanol–water partition coefficient (Wildman–Crippen LogP) is 6.11. The molecule has 2 rings (SSSR count). The number of benzene rings is 2. The van der Waals surface area contributed by atoms with Crippen LogP contribution in [-0.2, 0) is 13.2 Å². The van der Waals surface area contributed by atoms with Gasteiger partial charge in [0.25, 0.3) is 0 Å². The molecule has 0 aliphatic rings. The minimum absolute atomic E-state index is 0.0206. The van der Waals surface area contributed by atoms with Gasteiger partial charge in [-0.2, -0.15) is 0 Å². The standard InChI is InChI=1S/C20H24BrClFNO2/c1-5-25-18-9-13(11-24-20(2,3)4)8-16(21)19(18)26-12-14-6-7-15(23)10-17(14)22/h6-10,24H,5,11-12H2,1-4H3. The monoisotopic (exact) mass is 443 g/mol. The topological polar surface area (TPSA) is 30.5 Å². The number of rotatable bonds is 7. The number of hydrogen-bond acceptors (Lipinski definition) is 3. The van der Waals surface area contributed by atoms with Crippen molar-refractivity contribution in [3.8, 4) is 11.5 Å². The van der Waals surface area contributed by atoms with Crippen molar-refractivity contribution >= 4 is 27.5 Å². The molecule has 2 aromatic rings. The van der Waals surface area contributed by atoms with Gasteiger partial charge in [0.1, 0.15) is 12.4 Å². The highest BCUT2D eigenvalue weighted by atomic mass is 79.9. The summed E-state index contributed by atoms with van der Waals surface area (Å²) in [6.45, 7) is 9.74. The fourth-order valence-corrected chi connectivity index (χ4v) is 3.11. The van der Waals surface area contributed by atoms with Gasteiger partial charge in [-0.05, 0) is 73.5 Å². The smallest absolute Gasteiger partial charge is 0.175 e. The SMILES string of the molecule is CCOc1cc(CNC(C)(C)C)cc(Br)c1OCc1ccc(F)cc1Cl. The largest absolute Gasteiger partial charge is 0.490 e. The van der Waals surface area contributed by atoms with E-state index in [9.17, 15) is 4.39 Å². The number of ether oxygens (including phenoxy) is 2. The fourth-order valence-electron chi connectivity index (χ4n) is 2.28. The third-order valence-electron chi connectivity index (χ3n) is 3.58. The first-order chi connectivity index (χ1) is 12.2. The summed E-state index contributed by atoms with van der Waals surface area (Å²) in [5.41, 5.74) is 1.82. The zero-order valence-corrected chi connectivity index (χ0v) is 17.8. The molecule has 0 bridgehead atoms. The Morgan fingerprint density at radius 1 is 1.15 bits per heavy atom. The van der Waals surface area contributed by atoms with Crippen molar-refractivity contribution in [3.05, 3.63) is 56.8 Å². The van der Waals surface area contributed by atoms with Crippen LogP contribution >= 0.6 is 27.5 Å². The van der Waals surface area contributed by atoms with Gasteiger partial charge >= 0.3 is 0 Å². The van der Waals surface area contributed by atoms with Crippen LogP contribution in [0.1, 0.15) is 38.8 Å². The minimum atomic E-state index is -0.370. The van der Waals surface area contributed by atoms with E-state index >= 15 is 0 Å². The lowest BCUT2D eigenvalue weighted by Crippen LogP contribution is -2.35. The molecule has 142 valence electrons. The second-order valence-electron chi connectivity index (χ2n) is 6.97. The Balaban J connectivity index is 2.20. The van der Waals surface area contributed by atoms with Crippen LogP contribution in [0.3, 0.4) is 0 Å². The van der Waals surface area contributed by atoms with Crippen molar-refractivity contribution in [2.75, 3.05) is 6.61 Å². The molecule has 3 nitrogen and oxygen atoms in total. The molecule has 0 unspecified atom stereocenters. The molecule has 26 heavy (non-hydrogen) atoms. The summed E-state index contributed by atoms with van der Waals surface area (Å²) in [7, 11) is 0. The Labute approximate surface area is 168 Å². The molecule has 0 aliphatic carbocycles. The van der Waals surface area contributed by atoms with E-state index < -0.39 is 0 Å². The molecular weight excluding hydrogens is 421 g/mol. The molecule has 0 spiro atoms. The molecule has 0 radical (unpaired) electrons. The maximum absolute atomic E-state index is 13.2. The van der Waals surface area contributed by atoms with E-state index in [-0.39, 0.29) is 18.0 Å². The molecule has 0 amide bonds. The molecular formula is C20H24BrClFNO2. The van der Waals surface area contributed by atoms with E-state index in [0.29, 0.717) is 35.2 Å². The van der Waals surface area contributed by atoms with Gasteiger partial charge in [0.2, 0.25) is 0 Å². The summed E-state index contributed by atoms with van der Waals surface area (Å²) in [5.74, 6) is 0.892. The summed E-state index contributed by atoms with van der Waals surface area (Å²) in [6, 6.07) is 8.23. The summed E-state index contributed by atoms with van der Waals surface area (Å²) >= 11 is 9.64. The van der Waals surface area contributed by atoms with Gasteiger partial charge in [-0.25, -0.2) is 4.39 Å². The first-order valence-electron chi connectivity index (χ1n) is 8.46. The minimum Gasteiger partial charge on any atom is -0.490 e. The second-order valence-corrected chi connectivity index (χ2v) is 8.23. The lowest BCUT2D eigenvalue weighted by atomic mass is 10.1. The van der Waals surface area contributed by atoms with Crippen molar-refractivity contribution in [1.82, 2.24) is 5.32 Å². The molecule has 0 aromatic heterocycles. The zero-order chi connectivity index (χ0) is 19.3. The van der Waals surface area contributed by atoms with Crippen LogP contribution in [0.25, 0.3) is 0 Å². The number of hydrogen-bond donors (Lipinski definition) is 1. The lowest BCUT2D eigenvalue weighted by molar-refractivity contribution is 0.267. The molecule has 0 fully saturated rings. The first-order valence-corrected chi connectivity index (χ1v) is 9.63. The molecule has 0 heterocycles. The van der Waals surface area contributed by atoms with Gasteiger partial charge in [-0.1, -0.05) is 17.7 Å². The molecule has 0 saturated carbocycles. The van der Waals surface area contributed by atoms with Gasteiger partial charge in [-0.15, -0.1) is 0 Å². The molecule has 6 heteroatoms. The quantitative estimate of drug-likeness (QED) is 0.559. The van der Waals surface area contributed by atoms with E-state index in [4.69, 9.17) is 21.1 Å². The van der Waals surface area contributed by atoms with E-state index in [2.05, 4.69) is 42.0 Å². The van der Waals surface area contributed by atoms with Crippen molar-refractivity contribution in [2.45, 2.75) is 46.4 Å². The highest BCUT2D eigenvalue weighted by Crippen LogP contribution is 2.38. The van der Waals surface area contributed by atoms with E-state index in [0.717, 1.165) is 10.0 Å². The average molecular weight is 445 g/mol. The Kier molecular flexibility index (Phi) is 7.33. The highest BCUT2D eigenvalue weighted by molar-refractivity contribution is 9.10. The number of nitrogens with one attached hydrogen (secondary N) is 1. The zero-order valence-electron chi connectivity index (χ0n) is 15.5. The normalized spacial score (nSPS) is 11.5. The van der Waals surface area contributed by atoms with Gasteiger partial charge in [0.15, 0.2) is 11.5 Å². The highest BCUT2D eigenvalue weighted by Gasteiger charge is 2.15. The fraction of sp³-hybridized carbons (Fsp3) is 0.400. The molecule has 2 aromatic carbocycles. The van der Waals surface area contributed by atoms with Crippen molar-refractivity contribution < 1.29 is 13.9 Å². The van der Waals surface area contributed by atoms with Crippen molar-refractivity contribution in [3.63, 3.8) is 0 Å². The average Bonchev–Trinajstić information content (AvgIpc) is 2.53. The van der Waals surface area contributed by atoms with Crippen LogP contribution in [0.4, 0.5) is 4.39 Å². The molecule has 1 N–H and O–H groups in total. The van der Waals surface area contributed by atoms with Gasteiger partial charge in [0, 0.05) is 17.6 Å². The summed E-state index contributed by atoms with van der Waals surface area (Å²) in [5, 5.41) is 3.79. The van der Waals surface area contributed by atoms with Crippen LogP contribution in [0.15, 0.2) is 34.8 Å². The third kappa shape index (κ3) is 6.15. The Hall–Kier alpha value is -1.30. The summed E-state index contributed by atoms with van der Waals surface area (Å²) < 4.78 is 25.7. The van der Waals surface area contributed by atoms with Gasteiger partial charge < -0.3 is 14.8 Å². The maximum Gasteiger partial charge on any atom is 0.175 e. The third-order valence-corrected chi connectivity index (χ3v) is 4.52. The van der Waals surface area contributed by atoms with Crippen molar-refractivity contribution in [2.24, 2.45) is 0 Å². The van der Waals surface area contributed by atoms with Gasteiger partial charge in [0.05, 0.1) is 16.1 Å². The Morgan fingerprint density at radius 3 is 2.50 bits per heavy atom. The predicted molar refractivity (Wildman–Crippen MR) is 108 cm³/mol. The summed E-state index contributed by atoms with van der Waals surface area (Å²) in [6.07, 6.45) is 0. The van der Waals surface area contributed by atoms with Crippen LogP contribution in [0.2, 0.25) is 5.02 Å². The Bertz CT molecular complexity index is 762. The van der Waals surface area contributed by atoms with Crippen LogP contribution < -0.4 is 14.8 Å².